The number of allylic oxidation sites excluding steroid dienone is 10. The highest BCUT2D eigenvalue weighted by Gasteiger charge is 2.36. The third-order valence-corrected chi connectivity index (χ3v) is 26.3. The first-order chi connectivity index (χ1) is 56.4. The zero-order valence-corrected chi connectivity index (χ0v) is 79.1. The number of amides is 1. The number of aromatic carboxylic acids is 2. The molecule has 0 fully saturated rings. The number of rotatable bonds is 10. The molecule has 0 unspecified atom stereocenters. The molecule has 0 aliphatic heterocycles. The number of halogens is 1. The van der Waals surface area contributed by atoms with E-state index in [1.807, 2.05) is 105 Å². The number of phenols is 1. The van der Waals surface area contributed by atoms with E-state index < -0.39 is 20.0 Å². The normalized spacial score (nSPS) is 15.3. The second-order valence-corrected chi connectivity index (χ2v) is 44.8. The Morgan fingerprint density at radius 3 is 1.02 bits per heavy atom. The summed E-state index contributed by atoms with van der Waals surface area (Å²) in [6.07, 6.45) is 11.4. The Bertz CT molecular complexity index is 5070. The summed E-state index contributed by atoms with van der Waals surface area (Å²) >= 11 is 3.58. The average molecular weight is 1730 g/mol. The number of carboxylic acid groups (broad SMARTS) is 2. The van der Waals surface area contributed by atoms with Crippen LogP contribution in [0.2, 0.25) is 25.7 Å². The number of aromatic hydroxyl groups is 1. The van der Waals surface area contributed by atoms with Crippen LogP contribution in [0.15, 0.2) is 196 Å². The molecule has 0 aromatic heterocycles. The van der Waals surface area contributed by atoms with Gasteiger partial charge in [-0.2, -0.15) is 9.59 Å². The first-order valence-corrected chi connectivity index (χ1v) is 46.7. The topological polar surface area (TPSA) is 211 Å². The van der Waals surface area contributed by atoms with Crippen molar-refractivity contribution < 1.29 is 58.4 Å². The lowest BCUT2D eigenvalue weighted by molar-refractivity contribution is -0.191. The SMILES string of the molecule is C.CC(C)=C1CCC(C)(C)c2ccc(Br)cc21.CC(C)=C1CCC(C)(C)c2ccc(C(=O)Nc3ccc(C)cc3)cc21.CC(C)=C1CCC(C)(C)c2ccc(C(=O)O)cc21.CC(C)=C1CCC(C)(C)c2ccc(C(=O)O)cc21.CC(C)=C1CCC(C)(C)c2ccc(C(=O)Oc3ccc(C)cc3)cc21.C[Si](C)(C)CCOC(=O)c1ccc(O)cc1.O=C=O. The summed E-state index contributed by atoms with van der Waals surface area (Å²) in [6, 6.07) is 52.5. The van der Waals surface area contributed by atoms with Crippen LogP contribution in [0.25, 0.3) is 27.9 Å². The minimum Gasteiger partial charge on any atom is -0.508 e. The van der Waals surface area contributed by atoms with Crippen molar-refractivity contribution in [3.63, 3.8) is 0 Å². The lowest BCUT2D eigenvalue weighted by Gasteiger charge is -2.35. The first-order valence-electron chi connectivity index (χ1n) is 42.2. The van der Waals surface area contributed by atoms with Crippen LogP contribution in [0.4, 0.5) is 5.69 Å². The number of nitrogens with one attached hydrogen (secondary N) is 1. The first kappa shape index (κ1) is 100. The van der Waals surface area contributed by atoms with Gasteiger partial charge in [0.05, 0.1) is 28.9 Å². The van der Waals surface area contributed by atoms with E-state index in [0.29, 0.717) is 40.0 Å². The Hall–Kier alpha value is -10.3. The third kappa shape index (κ3) is 26.8. The maximum atomic E-state index is 12.7. The number of hydrogen-bond acceptors (Lipinski definition) is 10. The van der Waals surface area contributed by atoms with Crippen LogP contribution < -0.4 is 10.1 Å². The van der Waals surface area contributed by atoms with E-state index in [1.54, 1.807) is 24.3 Å². The van der Waals surface area contributed by atoms with Gasteiger partial charge in [0.1, 0.15) is 11.5 Å². The number of aryl methyl sites for hydroxylation is 2. The van der Waals surface area contributed by atoms with Crippen LogP contribution >= 0.6 is 15.9 Å². The van der Waals surface area contributed by atoms with Gasteiger partial charge in [0.2, 0.25) is 0 Å². The maximum absolute atomic E-state index is 12.7. The van der Waals surface area contributed by atoms with Gasteiger partial charge in [-0.15, -0.1) is 0 Å². The van der Waals surface area contributed by atoms with Gasteiger partial charge < -0.3 is 30.1 Å². The van der Waals surface area contributed by atoms with E-state index in [1.165, 1.54) is 135 Å². The van der Waals surface area contributed by atoms with Gasteiger partial charge in [-0.25, -0.2) is 19.2 Å². The molecule has 13 nitrogen and oxygen atoms in total. The Balaban J connectivity index is 0.000000227. The quantitative estimate of drug-likeness (QED) is 0.0572. The average Bonchev–Trinajstić information content (AvgIpc) is 0.737. The molecule has 5 aliphatic rings. The summed E-state index contributed by atoms with van der Waals surface area (Å²) in [4.78, 5) is 75.3. The monoisotopic (exact) mass is 1730 g/mol. The summed E-state index contributed by atoms with van der Waals surface area (Å²) in [6.45, 7) is 55.5. The molecule has 0 radical (unpaired) electrons. The van der Waals surface area contributed by atoms with E-state index in [9.17, 15) is 24.0 Å². The lowest BCUT2D eigenvalue weighted by Crippen LogP contribution is -2.24. The van der Waals surface area contributed by atoms with E-state index in [4.69, 9.17) is 34.4 Å². The molecule has 0 heterocycles. The Morgan fingerprint density at radius 1 is 0.402 bits per heavy atom. The van der Waals surface area contributed by atoms with Crippen molar-refractivity contribution >= 4 is 93.5 Å². The van der Waals surface area contributed by atoms with Crippen LogP contribution in [0.3, 0.4) is 0 Å². The standard InChI is InChI=1S/C23H27NO.C23H26O2.2C16H20O2.C15H19Br.C12H18O3Si.CO2.CH4/c1-15(2)19-12-13-23(4,5)21-11-8-17(14-20(19)21)22(25)24-18-9-6-16(3)7-10-18;1-15(2)19-12-13-23(4,5)21-11-8-17(14-20(19)21)22(24)25-18-9-6-16(3)7-10-18;2*1-10(2)12-7-8-16(3,4)14-6-5-11(15(17)18)9-13(12)14;1-10(2)12-7-8-15(3,4)14-6-5-11(16)9-13(12)14;1-16(2,3)9-8-15-12(14)10-4-6-11(13)7-5-10;2-1-3;/h6-11,14H,12-13H2,1-5H3,(H,24,25);6-11,14H,12-13H2,1-5H3;2*5-6,9H,7-8H2,1-4H3,(H,17,18);5-6,9H,7-8H2,1-4H3;4-7,13H,8-9H2,1-3H3;;1H4. The Kier molecular flexibility index (Phi) is 35.1. The highest BCUT2D eigenvalue weighted by Crippen LogP contribution is 2.49. The molecule has 0 atom stereocenters. The molecule has 0 saturated carbocycles. The summed E-state index contributed by atoms with van der Waals surface area (Å²) in [5.41, 5.74) is 33.1. The molecule has 8 aromatic rings. The summed E-state index contributed by atoms with van der Waals surface area (Å²) in [5, 5.41) is 30.3. The Labute approximate surface area is 737 Å². The highest BCUT2D eigenvalue weighted by atomic mass is 79.9. The molecule has 4 N–H and O–H groups in total. The third-order valence-electron chi connectivity index (χ3n) is 24.1. The van der Waals surface area contributed by atoms with Gasteiger partial charge in [-0.1, -0.05) is 206 Å². The molecule has 5 aliphatic carbocycles. The maximum Gasteiger partial charge on any atom is 0.373 e. The fourth-order valence-corrected chi connectivity index (χ4v) is 17.4. The van der Waals surface area contributed by atoms with Crippen molar-refractivity contribution in [3.8, 4) is 11.5 Å². The van der Waals surface area contributed by atoms with Crippen LogP contribution in [-0.4, -0.2) is 65.9 Å². The van der Waals surface area contributed by atoms with Gasteiger partial charge in [0.25, 0.3) is 5.91 Å². The van der Waals surface area contributed by atoms with E-state index >= 15 is 0 Å². The van der Waals surface area contributed by atoms with Crippen LogP contribution in [0, 0.1) is 13.8 Å². The minimum atomic E-state index is -1.15. The van der Waals surface area contributed by atoms with Gasteiger partial charge in [-0.3, -0.25) is 4.79 Å². The molecule has 1 amide bonds. The molecule has 0 bridgehead atoms. The number of anilines is 1. The van der Waals surface area contributed by atoms with Crippen LogP contribution in [0.1, 0.15) is 329 Å². The zero-order valence-electron chi connectivity index (χ0n) is 76.5. The van der Waals surface area contributed by atoms with E-state index in [0.717, 1.165) is 85.4 Å². The predicted octanol–water partition coefficient (Wildman–Crippen LogP) is 28.9. The molecule has 15 heteroatoms. The predicted molar refractivity (Wildman–Crippen MR) is 510 cm³/mol. The fourth-order valence-electron chi connectivity index (χ4n) is 16.3. The van der Waals surface area contributed by atoms with Crippen LogP contribution in [0.5, 0.6) is 11.5 Å². The molecular weight excluding hydrogens is 1600 g/mol. The summed E-state index contributed by atoms with van der Waals surface area (Å²) in [5.74, 6) is -1.65. The number of phenolic OH excluding ortho intramolecular Hbond substituents is 1. The molecule has 0 saturated heterocycles. The molecule has 122 heavy (non-hydrogen) atoms. The number of carbonyl (C=O) groups excluding carboxylic acids is 5. The highest BCUT2D eigenvalue weighted by molar-refractivity contribution is 9.10. The molecule has 13 rings (SSSR count). The second kappa shape index (κ2) is 42.7. The number of carbonyl (C=O) groups is 5. The second-order valence-electron chi connectivity index (χ2n) is 38.3. The van der Waals surface area contributed by atoms with Crippen molar-refractivity contribution in [2.45, 2.75) is 277 Å². The summed E-state index contributed by atoms with van der Waals surface area (Å²) < 4.78 is 11.9. The van der Waals surface area contributed by atoms with E-state index in [-0.39, 0.29) is 58.8 Å². The zero-order chi connectivity index (χ0) is 90.2. The van der Waals surface area contributed by atoms with Crippen molar-refractivity contribution in [1.82, 2.24) is 0 Å². The van der Waals surface area contributed by atoms with Gasteiger partial charge in [-0.05, 0) is 373 Å². The van der Waals surface area contributed by atoms with Crippen molar-refractivity contribution in [1.29, 1.82) is 0 Å². The number of fused-ring (bicyclic) bond motifs is 5. The van der Waals surface area contributed by atoms with E-state index in [2.05, 4.69) is 216 Å². The minimum absolute atomic E-state index is 0. The van der Waals surface area contributed by atoms with Crippen molar-refractivity contribution in [2.75, 3.05) is 11.9 Å². The number of esters is 2. The van der Waals surface area contributed by atoms with Gasteiger partial charge in [0, 0.05) is 23.8 Å². The smallest absolute Gasteiger partial charge is 0.373 e. The number of ether oxygens (including phenoxy) is 2. The number of carboxylic acids is 2. The van der Waals surface area contributed by atoms with Gasteiger partial charge >= 0.3 is 30.0 Å². The van der Waals surface area contributed by atoms with Gasteiger partial charge in [0.15, 0.2) is 0 Å². The molecule has 8 aromatic carbocycles. The van der Waals surface area contributed by atoms with Crippen molar-refractivity contribution in [2.24, 2.45) is 0 Å². The fraction of sp³-hybridized carbons (Fsp3) is 0.402. The van der Waals surface area contributed by atoms with Crippen molar-refractivity contribution in [3.05, 3.63) is 291 Å². The molecule has 650 valence electrons. The molecule has 0 spiro atoms. The summed E-state index contributed by atoms with van der Waals surface area (Å²) in [7, 11) is -1.15. The largest absolute Gasteiger partial charge is 0.508 e. The lowest BCUT2D eigenvalue weighted by atomic mass is 9.70. The Morgan fingerprint density at radius 2 is 0.689 bits per heavy atom. The number of hydrogen-bond donors (Lipinski definition) is 4. The van der Waals surface area contributed by atoms with Crippen LogP contribution in [-0.2, 0) is 41.4 Å². The number of benzene rings is 8. The molecular formula is C107H134BrNO12Si.